The van der Waals surface area contributed by atoms with Crippen molar-refractivity contribution < 1.29 is 14.3 Å². The molecular weight excluding hydrogens is 366 g/mol. The molecule has 0 bridgehead atoms. The third kappa shape index (κ3) is 4.81. The van der Waals surface area contributed by atoms with Gasteiger partial charge in [0.05, 0.1) is 5.75 Å². The van der Waals surface area contributed by atoms with Gasteiger partial charge in [-0.25, -0.2) is 0 Å². The molecule has 6 heteroatoms. The second kappa shape index (κ2) is 8.11. The van der Waals surface area contributed by atoms with Crippen LogP contribution in [0.25, 0.3) is 0 Å². The predicted molar refractivity (Wildman–Crippen MR) is 93.7 cm³/mol. The molecule has 1 N–H and O–H groups in total. The van der Waals surface area contributed by atoms with Crippen LogP contribution in [0.3, 0.4) is 0 Å². The van der Waals surface area contributed by atoms with Crippen LogP contribution in [0.5, 0.6) is 11.5 Å². The van der Waals surface area contributed by atoms with Gasteiger partial charge in [-0.15, -0.1) is 11.8 Å². The van der Waals surface area contributed by atoms with E-state index in [2.05, 4.69) is 35.1 Å². The van der Waals surface area contributed by atoms with E-state index in [0.29, 0.717) is 24.9 Å². The van der Waals surface area contributed by atoms with Crippen LogP contribution in [0, 0.1) is 5.92 Å². The van der Waals surface area contributed by atoms with E-state index in [1.807, 2.05) is 19.1 Å². The summed E-state index contributed by atoms with van der Waals surface area (Å²) in [5.74, 6) is 3.29. The molecule has 2 rings (SSSR count). The van der Waals surface area contributed by atoms with Gasteiger partial charge in [-0.3, -0.25) is 4.79 Å². The second-order valence-electron chi connectivity index (χ2n) is 5.68. The zero-order valence-corrected chi connectivity index (χ0v) is 15.6. The Morgan fingerprint density at radius 2 is 1.91 bits per heavy atom. The number of rotatable bonds is 6. The zero-order chi connectivity index (χ0) is 16.1. The fourth-order valence-corrected chi connectivity index (χ4v) is 3.41. The van der Waals surface area contributed by atoms with E-state index in [0.717, 1.165) is 27.3 Å². The van der Waals surface area contributed by atoms with Gasteiger partial charge in [0.25, 0.3) is 0 Å². The maximum absolute atomic E-state index is 11.9. The smallest absolute Gasteiger partial charge is 0.230 e. The summed E-state index contributed by atoms with van der Waals surface area (Å²) in [6.45, 7) is 7.40. The number of carbonyl (C=O) groups excluding carboxylic acids is 1. The van der Waals surface area contributed by atoms with Crippen LogP contribution in [-0.4, -0.2) is 30.9 Å². The maximum atomic E-state index is 11.9. The zero-order valence-electron chi connectivity index (χ0n) is 13.1. The number of ether oxygens (including phenoxy) is 2. The van der Waals surface area contributed by atoms with E-state index < -0.39 is 0 Å². The second-order valence-corrected chi connectivity index (χ2v) is 7.52. The highest BCUT2D eigenvalue weighted by Crippen LogP contribution is 2.36. The molecule has 0 spiro atoms. The summed E-state index contributed by atoms with van der Waals surface area (Å²) in [5, 5.41) is 3.01. The molecule has 0 saturated carbocycles. The number of amides is 1. The number of halogens is 1. The third-order valence-corrected chi connectivity index (χ3v) is 5.31. The number of hydrogen-bond donors (Lipinski definition) is 1. The van der Waals surface area contributed by atoms with Crippen molar-refractivity contribution in [1.29, 1.82) is 0 Å². The Morgan fingerprint density at radius 1 is 1.27 bits per heavy atom. The highest BCUT2D eigenvalue weighted by atomic mass is 79.9. The number of nitrogens with one attached hydrogen (secondary N) is 1. The molecule has 1 aromatic carbocycles. The van der Waals surface area contributed by atoms with E-state index in [1.54, 1.807) is 11.8 Å². The van der Waals surface area contributed by atoms with Crippen LogP contribution >= 0.6 is 27.7 Å². The summed E-state index contributed by atoms with van der Waals surface area (Å²) in [6.07, 6.45) is 0. The van der Waals surface area contributed by atoms with E-state index in [4.69, 9.17) is 9.47 Å². The lowest BCUT2D eigenvalue weighted by atomic mass is 10.1. The van der Waals surface area contributed by atoms with Gasteiger partial charge in [-0.1, -0.05) is 29.8 Å². The minimum atomic E-state index is 0.0832. The highest BCUT2D eigenvalue weighted by molar-refractivity contribution is 9.10. The number of thioether (sulfide) groups is 1. The summed E-state index contributed by atoms with van der Waals surface area (Å²) < 4.78 is 12.1. The number of hydrogen-bond acceptors (Lipinski definition) is 4. The van der Waals surface area contributed by atoms with Gasteiger partial charge >= 0.3 is 0 Å². The molecule has 0 fully saturated rings. The van der Waals surface area contributed by atoms with E-state index in [-0.39, 0.29) is 11.9 Å². The summed E-state index contributed by atoms with van der Waals surface area (Å²) in [4.78, 5) is 11.9. The van der Waals surface area contributed by atoms with Gasteiger partial charge in [0.15, 0.2) is 11.5 Å². The number of fused-ring (bicyclic) bond motifs is 1. The SMILES string of the molecule is CC(C)C(C)NC(=O)CSCc1cc2c(cc1Br)OCCO2. The molecule has 1 atom stereocenters. The molecule has 1 aromatic rings. The van der Waals surface area contributed by atoms with Crippen molar-refractivity contribution in [2.75, 3.05) is 19.0 Å². The molecule has 1 amide bonds. The van der Waals surface area contributed by atoms with Gasteiger partial charge < -0.3 is 14.8 Å². The van der Waals surface area contributed by atoms with Crippen molar-refractivity contribution in [2.45, 2.75) is 32.6 Å². The van der Waals surface area contributed by atoms with Crippen molar-refractivity contribution in [3.63, 3.8) is 0 Å². The van der Waals surface area contributed by atoms with Gasteiger partial charge in [0.1, 0.15) is 13.2 Å². The van der Waals surface area contributed by atoms with Gasteiger partial charge in [0.2, 0.25) is 5.91 Å². The maximum Gasteiger partial charge on any atom is 0.230 e. The van der Waals surface area contributed by atoms with Gasteiger partial charge in [-0.05, 0) is 30.5 Å². The lowest BCUT2D eigenvalue weighted by Gasteiger charge is -2.20. The molecule has 22 heavy (non-hydrogen) atoms. The first-order valence-corrected chi connectivity index (χ1v) is 9.37. The first-order chi connectivity index (χ1) is 10.5. The van der Waals surface area contributed by atoms with Gasteiger partial charge in [0, 0.05) is 16.3 Å². The molecule has 0 aromatic heterocycles. The minimum absolute atomic E-state index is 0.0832. The topological polar surface area (TPSA) is 47.6 Å². The van der Waals surface area contributed by atoms with E-state index in [1.165, 1.54) is 0 Å². The van der Waals surface area contributed by atoms with E-state index in [9.17, 15) is 4.79 Å². The summed E-state index contributed by atoms with van der Waals surface area (Å²) in [6, 6.07) is 4.13. The Bertz CT molecular complexity index is 536. The summed E-state index contributed by atoms with van der Waals surface area (Å²) >= 11 is 5.15. The van der Waals surface area contributed by atoms with Crippen LogP contribution in [0.4, 0.5) is 0 Å². The molecule has 0 aliphatic carbocycles. The molecule has 1 aliphatic rings. The average Bonchev–Trinajstić information content (AvgIpc) is 2.47. The first kappa shape index (κ1) is 17.5. The summed E-state index contributed by atoms with van der Waals surface area (Å²) in [7, 11) is 0. The standard InChI is InChI=1S/C16H22BrNO3S/c1-10(2)11(3)18-16(19)9-22-8-12-6-14-15(7-13(12)17)21-5-4-20-14/h6-7,10-11H,4-5,8-9H2,1-3H3,(H,18,19). The van der Waals surface area contributed by atoms with Gasteiger partial charge in [-0.2, -0.15) is 0 Å². The van der Waals surface area contributed by atoms with Crippen molar-refractivity contribution >= 4 is 33.6 Å². The molecule has 1 heterocycles. The van der Waals surface area contributed by atoms with Crippen LogP contribution in [0.1, 0.15) is 26.3 Å². The average molecular weight is 388 g/mol. The van der Waals surface area contributed by atoms with Crippen molar-refractivity contribution in [3.8, 4) is 11.5 Å². The molecule has 122 valence electrons. The molecule has 1 unspecified atom stereocenters. The first-order valence-electron chi connectivity index (χ1n) is 7.42. The largest absolute Gasteiger partial charge is 0.486 e. The molecule has 0 saturated heterocycles. The Hall–Kier alpha value is -0.880. The third-order valence-electron chi connectivity index (χ3n) is 3.59. The van der Waals surface area contributed by atoms with Crippen molar-refractivity contribution in [3.05, 3.63) is 22.2 Å². The fourth-order valence-electron chi connectivity index (χ4n) is 1.93. The lowest BCUT2D eigenvalue weighted by molar-refractivity contribution is -0.119. The number of carbonyl (C=O) groups is 1. The lowest BCUT2D eigenvalue weighted by Crippen LogP contribution is -2.37. The van der Waals surface area contributed by atoms with Crippen LogP contribution in [0.2, 0.25) is 0 Å². The highest BCUT2D eigenvalue weighted by Gasteiger charge is 2.15. The molecule has 0 radical (unpaired) electrons. The predicted octanol–water partition coefficient (Wildman–Crippen LogP) is 3.61. The number of benzene rings is 1. The molecule has 4 nitrogen and oxygen atoms in total. The Kier molecular flexibility index (Phi) is 6.44. The van der Waals surface area contributed by atoms with Crippen molar-refractivity contribution in [2.24, 2.45) is 5.92 Å². The quantitative estimate of drug-likeness (QED) is 0.809. The van der Waals surface area contributed by atoms with Crippen molar-refractivity contribution in [1.82, 2.24) is 5.32 Å². The van der Waals surface area contributed by atoms with Crippen LogP contribution in [0.15, 0.2) is 16.6 Å². The minimum Gasteiger partial charge on any atom is -0.486 e. The molecular formula is C16H22BrNO3S. The summed E-state index contributed by atoms with van der Waals surface area (Å²) in [5.41, 5.74) is 1.11. The van der Waals surface area contributed by atoms with E-state index >= 15 is 0 Å². The van der Waals surface area contributed by atoms with Crippen LogP contribution < -0.4 is 14.8 Å². The Morgan fingerprint density at radius 3 is 2.55 bits per heavy atom. The monoisotopic (exact) mass is 387 g/mol. The Labute approximate surface area is 144 Å². The molecule has 1 aliphatic heterocycles. The fraction of sp³-hybridized carbons (Fsp3) is 0.562. The Balaban J connectivity index is 1.85. The van der Waals surface area contributed by atoms with Crippen LogP contribution in [-0.2, 0) is 10.5 Å². The normalized spacial score (nSPS) is 14.8.